The van der Waals surface area contributed by atoms with E-state index in [9.17, 15) is 9.90 Å². The van der Waals surface area contributed by atoms with Crippen molar-refractivity contribution in [3.05, 3.63) is 72.4 Å². The molecule has 1 aromatic rings. The molecule has 1 unspecified atom stereocenters. The molecule has 5 nitrogen and oxygen atoms in total. The first-order chi connectivity index (χ1) is 15.2. The van der Waals surface area contributed by atoms with Gasteiger partial charge in [-0.1, -0.05) is 62.1 Å². The molecule has 1 aromatic carbocycles. The van der Waals surface area contributed by atoms with Crippen LogP contribution < -0.4 is 0 Å². The Hall–Kier alpha value is -2.05. The first kappa shape index (κ1) is 20.5. The standard InChI is InChI=1S/C27H30O5/c1-16(2)25-14-18(4)27-20(12-17(3)13-24(29)21(27)10-11-22(24)28)23(25)30-26(31-25,32-27)15-19-8-6-5-7-9-19/h5-11,18,20-21,23,29H,1,3,12-15H2,2,4H3/t18-,20+,21-,23-,24-,25-,26?,27-/m1/s1. The lowest BCUT2D eigenvalue weighted by atomic mass is 9.54. The maximum atomic E-state index is 12.9. The molecule has 5 aliphatic rings. The van der Waals surface area contributed by atoms with Crippen molar-refractivity contribution in [2.45, 2.75) is 68.4 Å². The summed E-state index contributed by atoms with van der Waals surface area (Å²) in [5.41, 5.74) is -0.197. The number of hydrogen-bond acceptors (Lipinski definition) is 5. The van der Waals surface area contributed by atoms with E-state index in [0.717, 1.165) is 16.7 Å². The predicted octanol–water partition coefficient (Wildman–Crippen LogP) is 3.87. The summed E-state index contributed by atoms with van der Waals surface area (Å²) in [6, 6.07) is 10.0. The molecule has 2 heterocycles. The lowest BCUT2D eigenvalue weighted by Gasteiger charge is -2.59. The lowest BCUT2D eigenvalue weighted by Crippen LogP contribution is -2.70. The number of aliphatic hydroxyl groups is 1. The summed E-state index contributed by atoms with van der Waals surface area (Å²) in [6.07, 6.45) is 5.06. The minimum absolute atomic E-state index is 0.0139. The maximum absolute atomic E-state index is 12.9. The minimum Gasteiger partial charge on any atom is -0.381 e. The summed E-state index contributed by atoms with van der Waals surface area (Å²) in [5.74, 6) is -2.12. The van der Waals surface area contributed by atoms with Crippen LogP contribution in [0.1, 0.15) is 38.7 Å². The average molecular weight is 435 g/mol. The molecule has 2 aliphatic heterocycles. The number of fused-ring (bicyclic) bond motifs is 2. The highest BCUT2D eigenvalue weighted by Gasteiger charge is 2.79. The van der Waals surface area contributed by atoms with Crippen molar-refractivity contribution < 1.29 is 24.1 Å². The molecule has 6 rings (SSSR count). The fraction of sp³-hybridized carbons (Fsp3) is 0.519. The molecule has 3 bridgehead atoms. The smallest absolute Gasteiger partial charge is 0.289 e. The van der Waals surface area contributed by atoms with E-state index in [4.69, 9.17) is 14.2 Å². The van der Waals surface area contributed by atoms with Gasteiger partial charge in [-0.15, -0.1) is 0 Å². The Morgan fingerprint density at radius 3 is 2.72 bits per heavy atom. The zero-order valence-electron chi connectivity index (χ0n) is 18.7. The molecular weight excluding hydrogens is 404 g/mol. The third kappa shape index (κ3) is 2.35. The summed E-state index contributed by atoms with van der Waals surface area (Å²) in [4.78, 5) is 12.9. The summed E-state index contributed by atoms with van der Waals surface area (Å²) in [7, 11) is 0. The fourth-order valence-corrected chi connectivity index (χ4v) is 7.38. The summed E-state index contributed by atoms with van der Waals surface area (Å²) >= 11 is 0. The largest absolute Gasteiger partial charge is 0.381 e. The lowest BCUT2D eigenvalue weighted by molar-refractivity contribution is -0.425. The van der Waals surface area contributed by atoms with Crippen LogP contribution in [0.2, 0.25) is 0 Å². The molecule has 0 spiro atoms. The highest BCUT2D eigenvalue weighted by atomic mass is 16.9. The van der Waals surface area contributed by atoms with E-state index in [1.807, 2.05) is 43.3 Å². The third-order valence-corrected chi connectivity index (χ3v) is 8.64. The zero-order valence-corrected chi connectivity index (χ0v) is 18.7. The van der Waals surface area contributed by atoms with Crippen LogP contribution in [0.5, 0.6) is 0 Å². The van der Waals surface area contributed by atoms with E-state index in [1.54, 1.807) is 0 Å². The van der Waals surface area contributed by atoms with Gasteiger partial charge < -0.3 is 19.3 Å². The van der Waals surface area contributed by atoms with Crippen LogP contribution in [-0.2, 0) is 25.4 Å². The van der Waals surface area contributed by atoms with E-state index in [1.165, 1.54) is 6.08 Å². The molecule has 32 heavy (non-hydrogen) atoms. The first-order valence-corrected chi connectivity index (χ1v) is 11.5. The van der Waals surface area contributed by atoms with Crippen LogP contribution in [0.25, 0.3) is 0 Å². The van der Waals surface area contributed by atoms with Crippen molar-refractivity contribution in [3.8, 4) is 0 Å². The normalized spacial score (nSPS) is 48.5. The number of hydrogen-bond donors (Lipinski definition) is 1. The molecule has 2 saturated carbocycles. The molecule has 4 fully saturated rings. The Balaban J connectivity index is 1.55. The van der Waals surface area contributed by atoms with E-state index in [-0.39, 0.29) is 30.1 Å². The molecule has 0 aromatic heterocycles. The van der Waals surface area contributed by atoms with Gasteiger partial charge in [-0.25, -0.2) is 0 Å². The summed E-state index contributed by atoms with van der Waals surface area (Å²) in [5, 5.41) is 11.7. The number of ether oxygens (including phenoxy) is 3. The maximum Gasteiger partial charge on any atom is 0.289 e. The SMILES string of the molecule is C=C1C[C@H]2[C@H]3OC4(Cc5ccccc5)O[C@@]2([C@H](C)C[C@]3(C(=C)C)O4)[C@@H]2C=CC(=O)[C@@]2(O)C1. The second-order valence-electron chi connectivity index (χ2n) is 10.6. The van der Waals surface area contributed by atoms with Crippen LogP contribution in [0, 0.1) is 17.8 Å². The highest BCUT2D eigenvalue weighted by Crippen LogP contribution is 2.68. The van der Waals surface area contributed by atoms with E-state index < -0.39 is 28.7 Å². The molecule has 168 valence electrons. The van der Waals surface area contributed by atoms with Crippen LogP contribution in [-0.4, -0.2) is 39.8 Å². The second-order valence-corrected chi connectivity index (χ2v) is 10.6. The second kappa shape index (κ2) is 6.29. The van der Waals surface area contributed by atoms with Gasteiger partial charge in [0.15, 0.2) is 5.78 Å². The van der Waals surface area contributed by atoms with Gasteiger partial charge in [0.05, 0.1) is 12.0 Å². The Morgan fingerprint density at radius 2 is 2.00 bits per heavy atom. The fourth-order valence-electron chi connectivity index (χ4n) is 7.38. The van der Waals surface area contributed by atoms with Crippen molar-refractivity contribution >= 4 is 5.78 Å². The van der Waals surface area contributed by atoms with Crippen molar-refractivity contribution in [3.63, 3.8) is 0 Å². The van der Waals surface area contributed by atoms with Gasteiger partial charge in [-0.2, -0.15) is 0 Å². The third-order valence-electron chi connectivity index (χ3n) is 8.64. The molecule has 8 atom stereocenters. The van der Waals surface area contributed by atoms with Crippen LogP contribution in [0.3, 0.4) is 0 Å². The van der Waals surface area contributed by atoms with Gasteiger partial charge in [0.2, 0.25) is 0 Å². The van der Waals surface area contributed by atoms with Gasteiger partial charge in [0.25, 0.3) is 5.97 Å². The molecular formula is C27H30O5. The van der Waals surface area contributed by atoms with Gasteiger partial charge in [-0.05, 0) is 42.9 Å². The molecule has 3 aliphatic carbocycles. The summed E-state index contributed by atoms with van der Waals surface area (Å²) in [6.45, 7) is 12.7. The number of carbonyl (C=O) groups is 1. The molecule has 1 N–H and O–H groups in total. The molecule has 0 amide bonds. The van der Waals surface area contributed by atoms with Crippen molar-refractivity contribution in [1.82, 2.24) is 0 Å². The average Bonchev–Trinajstić information content (AvgIpc) is 3.09. The van der Waals surface area contributed by atoms with Crippen LogP contribution in [0.15, 0.2) is 66.8 Å². The topological polar surface area (TPSA) is 65.0 Å². The number of rotatable bonds is 3. The summed E-state index contributed by atoms with van der Waals surface area (Å²) < 4.78 is 20.5. The number of carbonyl (C=O) groups excluding carboxylic acids is 1. The van der Waals surface area contributed by atoms with Gasteiger partial charge in [0, 0.05) is 18.3 Å². The van der Waals surface area contributed by atoms with Crippen molar-refractivity contribution in [2.75, 3.05) is 0 Å². The van der Waals surface area contributed by atoms with E-state index in [0.29, 0.717) is 19.3 Å². The number of ketones is 1. The van der Waals surface area contributed by atoms with Gasteiger partial charge in [0.1, 0.15) is 17.3 Å². The minimum atomic E-state index is -1.53. The quantitative estimate of drug-likeness (QED) is 0.732. The van der Waals surface area contributed by atoms with Crippen molar-refractivity contribution in [1.29, 1.82) is 0 Å². The molecule has 5 heteroatoms. The van der Waals surface area contributed by atoms with Crippen molar-refractivity contribution in [2.24, 2.45) is 17.8 Å². The number of benzene rings is 1. The zero-order chi connectivity index (χ0) is 22.5. The molecule has 0 radical (unpaired) electrons. The molecule has 2 saturated heterocycles. The Labute approximate surface area is 188 Å². The Kier molecular flexibility index (Phi) is 4.04. The van der Waals surface area contributed by atoms with Crippen LogP contribution >= 0.6 is 0 Å². The monoisotopic (exact) mass is 434 g/mol. The van der Waals surface area contributed by atoms with E-state index >= 15 is 0 Å². The highest BCUT2D eigenvalue weighted by molar-refractivity contribution is 6.00. The Morgan fingerprint density at radius 1 is 1.25 bits per heavy atom. The van der Waals surface area contributed by atoms with Gasteiger partial charge in [-0.3, -0.25) is 4.79 Å². The van der Waals surface area contributed by atoms with Gasteiger partial charge >= 0.3 is 0 Å². The van der Waals surface area contributed by atoms with E-state index in [2.05, 4.69) is 20.1 Å². The van der Waals surface area contributed by atoms with Crippen LogP contribution in [0.4, 0.5) is 0 Å². The predicted molar refractivity (Wildman–Crippen MR) is 118 cm³/mol. The first-order valence-electron chi connectivity index (χ1n) is 11.5. The Bertz CT molecular complexity index is 1060.